The number of carbonyl (C=O) groups excluding carboxylic acids is 1. The van der Waals surface area contributed by atoms with Crippen molar-refractivity contribution < 1.29 is 13.2 Å². The van der Waals surface area contributed by atoms with Crippen LogP contribution in [0.1, 0.15) is 24.0 Å². The minimum atomic E-state index is -3.61. The number of nitriles is 1. The van der Waals surface area contributed by atoms with Crippen molar-refractivity contribution in [3.63, 3.8) is 0 Å². The Morgan fingerprint density at radius 1 is 1.11 bits per heavy atom. The molecule has 6 nitrogen and oxygen atoms in total. The molecule has 0 aliphatic rings. The van der Waals surface area contributed by atoms with Crippen LogP contribution in [0.25, 0.3) is 0 Å². The number of aryl methyl sites for hydroxylation is 1. The molecule has 1 N–H and O–H groups in total. The summed E-state index contributed by atoms with van der Waals surface area (Å²) in [5.41, 5.74) is 1.76. The second kappa shape index (κ2) is 9.74. The molecule has 0 saturated heterocycles. The molecule has 2 aromatic rings. The van der Waals surface area contributed by atoms with E-state index < -0.39 is 10.0 Å². The summed E-state index contributed by atoms with van der Waals surface area (Å²) in [6.45, 7) is 0.517. The Kier molecular flexibility index (Phi) is 7.38. The molecule has 0 aliphatic heterocycles. The summed E-state index contributed by atoms with van der Waals surface area (Å²) in [5.74, 6) is -0.217. The average molecular weight is 385 g/mol. The van der Waals surface area contributed by atoms with E-state index in [0.29, 0.717) is 12.2 Å². The first-order valence-corrected chi connectivity index (χ1v) is 10.5. The SMILES string of the molecule is CS(=O)(=O)N(CCC(=O)NCCCc1ccccc1)c1ccccc1C#N. The number of benzene rings is 2. The molecule has 142 valence electrons. The maximum Gasteiger partial charge on any atom is 0.232 e. The number of nitrogens with zero attached hydrogens (tertiary/aromatic N) is 2. The van der Waals surface area contributed by atoms with Crippen LogP contribution in [0, 0.1) is 11.3 Å². The highest BCUT2D eigenvalue weighted by molar-refractivity contribution is 7.92. The molecule has 7 heteroatoms. The fraction of sp³-hybridized carbons (Fsp3) is 0.300. The summed E-state index contributed by atoms with van der Waals surface area (Å²) in [6.07, 6.45) is 2.77. The van der Waals surface area contributed by atoms with E-state index in [-0.39, 0.29) is 24.4 Å². The van der Waals surface area contributed by atoms with Crippen LogP contribution in [0.2, 0.25) is 0 Å². The van der Waals surface area contributed by atoms with Crippen LogP contribution in [0.4, 0.5) is 5.69 Å². The fourth-order valence-electron chi connectivity index (χ4n) is 2.71. The summed E-state index contributed by atoms with van der Waals surface area (Å²) in [6, 6.07) is 18.4. The number of amides is 1. The molecule has 1 amide bonds. The molecule has 0 bridgehead atoms. The van der Waals surface area contributed by atoms with Gasteiger partial charge in [-0.15, -0.1) is 0 Å². The largest absolute Gasteiger partial charge is 0.356 e. The van der Waals surface area contributed by atoms with Gasteiger partial charge in [0.15, 0.2) is 0 Å². The minimum Gasteiger partial charge on any atom is -0.356 e. The van der Waals surface area contributed by atoms with Crippen molar-refractivity contribution in [1.82, 2.24) is 5.32 Å². The van der Waals surface area contributed by atoms with Gasteiger partial charge < -0.3 is 5.32 Å². The fourth-order valence-corrected chi connectivity index (χ4v) is 3.65. The van der Waals surface area contributed by atoms with Gasteiger partial charge in [-0.1, -0.05) is 42.5 Å². The lowest BCUT2D eigenvalue weighted by atomic mass is 10.1. The summed E-state index contributed by atoms with van der Waals surface area (Å²) >= 11 is 0. The van der Waals surface area contributed by atoms with Gasteiger partial charge in [0.1, 0.15) is 6.07 Å². The van der Waals surface area contributed by atoms with Gasteiger partial charge >= 0.3 is 0 Å². The van der Waals surface area contributed by atoms with Gasteiger partial charge in [0.25, 0.3) is 0 Å². The summed E-state index contributed by atoms with van der Waals surface area (Å²) < 4.78 is 25.3. The highest BCUT2D eigenvalue weighted by atomic mass is 32.2. The Balaban J connectivity index is 1.88. The van der Waals surface area contributed by atoms with Crippen molar-refractivity contribution in [2.45, 2.75) is 19.3 Å². The number of para-hydroxylation sites is 1. The first kappa shape index (κ1) is 20.5. The van der Waals surface area contributed by atoms with Crippen LogP contribution >= 0.6 is 0 Å². The molecule has 0 aliphatic carbocycles. The first-order valence-electron chi connectivity index (χ1n) is 8.69. The monoisotopic (exact) mass is 385 g/mol. The Labute approximate surface area is 160 Å². The molecule has 0 saturated carbocycles. The van der Waals surface area contributed by atoms with Crippen molar-refractivity contribution in [1.29, 1.82) is 5.26 Å². The lowest BCUT2D eigenvalue weighted by Gasteiger charge is -2.23. The second-order valence-electron chi connectivity index (χ2n) is 6.15. The second-order valence-corrected chi connectivity index (χ2v) is 8.06. The minimum absolute atomic E-state index is 0.0119. The van der Waals surface area contributed by atoms with Crippen LogP contribution in [0.15, 0.2) is 54.6 Å². The molecule has 0 atom stereocenters. The predicted molar refractivity (Wildman–Crippen MR) is 106 cm³/mol. The summed E-state index contributed by atoms with van der Waals surface area (Å²) in [7, 11) is -3.61. The number of hydrogen-bond acceptors (Lipinski definition) is 4. The van der Waals surface area contributed by atoms with Gasteiger partial charge in [0.2, 0.25) is 15.9 Å². The third kappa shape index (κ3) is 6.42. The molecule has 0 spiro atoms. The van der Waals surface area contributed by atoms with E-state index in [2.05, 4.69) is 5.32 Å². The zero-order chi connectivity index (χ0) is 19.7. The summed E-state index contributed by atoms with van der Waals surface area (Å²) in [5, 5.41) is 12.0. The van der Waals surface area contributed by atoms with Crippen LogP contribution < -0.4 is 9.62 Å². The van der Waals surface area contributed by atoms with Gasteiger partial charge in [-0.05, 0) is 30.5 Å². The first-order chi connectivity index (χ1) is 12.9. The molecular weight excluding hydrogens is 362 g/mol. The van der Waals surface area contributed by atoms with E-state index in [1.54, 1.807) is 24.3 Å². The molecule has 2 aromatic carbocycles. The average Bonchev–Trinajstić information content (AvgIpc) is 2.65. The van der Waals surface area contributed by atoms with Crippen molar-refractivity contribution >= 4 is 21.6 Å². The van der Waals surface area contributed by atoms with Crippen LogP contribution in [-0.2, 0) is 21.2 Å². The van der Waals surface area contributed by atoms with E-state index >= 15 is 0 Å². The Morgan fingerprint density at radius 2 is 1.78 bits per heavy atom. The molecule has 0 heterocycles. The third-order valence-corrected chi connectivity index (χ3v) is 5.22. The number of carbonyl (C=O) groups is 1. The topological polar surface area (TPSA) is 90.3 Å². The van der Waals surface area contributed by atoms with E-state index in [0.717, 1.165) is 23.4 Å². The number of anilines is 1. The lowest BCUT2D eigenvalue weighted by molar-refractivity contribution is -0.120. The quantitative estimate of drug-likeness (QED) is 0.672. The third-order valence-electron chi connectivity index (χ3n) is 4.04. The van der Waals surface area contributed by atoms with Crippen molar-refractivity contribution in [3.8, 4) is 6.07 Å². The van der Waals surface area contributed by atoms with Crippen LogP contribution in [0.5, 0.6) is 0 Å². The van der Waals surface area contributed by atoms with Crippen molar-refractivity contribution in [2.24, 2.45) is 0 Å². The van der Waals surface area contributed by atoms with Gasteiger partial charge in [0.05, 0.1) is 17.5 Å². The maximum atomic E-state index is 12.1. The number of hydrogen-bond donors (Lipinski definition) is 1. The zero-order valence-electron chi connectivity index (χ0n) is 15.3. The van der Waals surface area contributed by atoms with E-state index in [1.807, 2.05) is 36.4 Å². The summed E-state index contributed by atoms with van der Waals surface area (Å²) in [4.78, 5) is 12.1. The van der Waals surface area contributed by atoms with Crippen LogP contribution in [0.3, 0.4) is 0 Å². The van der Waals surface area contributed by atoms with Gasteiger partial charge in [-0.25, -0.2) is 8.42 Å². The Morgan fingerprint density at radius 3 is 2.44 bits per heavy atom. The van der Waals surface area contributed by atoms with Crippen LogP contribution in [-0.4, -0.2) is 33.7 Å². The van der Waals surface area contributed by atoms with Crippen molar-refractivity contribution in [3.05, 3.63) is 65.7 Å². The molecule has 0 unspecified atom stereocenters. The molecule has 0 fully saturated rings. The number of sulfonamides is 1. The molecule has 0 radical (unpaired) electrons. The normalized spacial score (nSPS) is 10.8. The van der Waals surface area contributed by atoms with E-state index in [4.69, 9.17) is 0 Å². The zero-order valence-corrected chi connectivity index (χ0v) is 16.1. The standard InChI is InChI=1S/C20H23N3O3S/c1-27(25,26)23(19-12-6-5-11-18(19)16-21)15-13-20(24)22-14-7-10-17-8-3-2-4-9-17/h2-6,8-9,11-12H,7,10,13-15H2,1H3,(H,22,24). The van der Waals surface area contributed by atoms with E-state index in [9.17, 15) is 18.5 Å². The van der Waals surface area contributed by atoms with E-state index in [1.165, 1.54) is 5.56 Å². The van der Waals surface area contributed by atoms with Gasteiger partial charge in [-0.3, -0.25) is 9.10 Å². The maximum absolute atomic E-state index is 12.1. The highest BCUT2D eigenvalue weighted by Gasteiger charge is 2.21. The lowest BCUT2D eigenvalue weighted by Crippen LogP contribution is -2.35. The predicted octanol–water partition coefficient (Wildman–Crippen LogP) is 2.46. The number of nitrogens with one attached hydrogen (secondary N) is 1. The van der Waals surface area contributed by atoms with Gasteiger partial charge in [-0.2, -0.15) is 5.26 Å². The van der Waals surface area contributed by atoms with Crippen molar-refractivity contribution in [2.75, 3.05) is 23.7 Å². The molecule has 27 heavy (non-hydrogen) atoms. The van der Waals surface area contributed by atoms with Gasteiger partial charge in [0, 0.05) is 19.5 Å². The molecule has 2 rings (SSSR count). The molecule has 0 aromatic heterocycles. The Bertz CT molecular complexity index is 906. The highest BCUT2D eigenvalue weighted by Crippen LogP contribution is 2.22. The smallest absolute Gasteiger partial charge is 0.232 e. The number of rotatable bonds is 9. The molecular formula is C20H23N3O3S. The Hall–Kier alpha value is -2.85.